The third-order valence-corrected chi connectivity index (χ3v) is 6.73. The first-order valence-corrected chi connectivity index (χ1v) is 10.4. The molecular weight excluding hydrogens is 356 g/mol. The number of fused-ring (bicyclic) bond motifs is 2. The summed E-state index contributed by atoms with van der Waals surface area (Å²) in [6.07, 6.45) is 5.68. The summed E-state index contributed by atoms with van der Waals surface area (Å²) in [6, 6.07) is 6.63. The van der Waals surface area contributed by atoms with Crippen molar-refractivity contribution in [1.29, 1.82) is 0 Å². The number of piperidine rings is 1. The zero-order chi connectivity index (χ0) is 19.3. The van der Waals surface area contributed by atoms with Gasteiger partial charge in [0.1, 0.15) is 6.04 Å². The molecule has 5 rings (SSSR count). The standard InChI is InChI=1S/C21H26N4O3/c26-19-8-7-18(20(27)23-19)25-12-13-11-14(5-6-15(13)21(25)28)24-10-9-22-16-3-1-2-4-17(16)24/h5-6,11,16-18,22H,1-4,7-10,12H2,(H,23,26,27)/t16-,17+,18?/m1/s1. The molecule has 28 heavy (non-hydrogen) atoms. The minimum atomic E-state index is -0.553. The lowest BCUT2D eigenvalue weighted by Crippen LogP contribution is -2.59. The van der Waals surface area contributed by atoms with Crippen molar-refractivity contribution in [2.24, 2.45) is 0 Å². The Labute approximate surface area is 164 Å². The molecule has 0 radical (unpaired) electrons. The van der Waals surface area contributed by atoms with E-state index in [4.69, 9.17) is 0 Å². The van der Waals surface area contributed by atoms with Crippen LogP contribution in [-0.4, -0.2) is 53.8 Å². The summed E-state index contributed by atoms with van der Waals surface area (Å²) in [5.41, 5.74) is 2.84. The molecule has 1 saturated carbocycles. The van der Waals surface area contributed by atoms with Crippen LogP contribution < -0.4 is 15.5 Å². The summed E-state index contributed by atoms with van der Waals surface area (Å²) < 4.78 is 0. The van der Waals surface area contributed by atoms with Crippen LogP contribution in [-0.2, 0) is 16.1 Å². The lowest BCUT2D eigenvalue weighted by Gasteiger charge is -2.46. The molecule has 3 fully saturated rings. The van der Waals surface area contributed by atoms with E-state index in [0.29, 0.717) is 30.6 Å². The molecule has 3 heterocycles. The van der Waals surface area contributed by atoms with Gasteiger partial charge in [0, 0.05) is 49.4 Å². The predicted molar refractivity (Wildman–Crippen MR) is 104 cm³/mol. The van der Waals surface area contributed by atoms with Gasteiger partial charge in [-0.25, -0.2) is 0 Å². The topological polar surface area (TPSA) is 81.8 Å². The van der Waals surface area contributed by atoms with Crippen LogP contribution in [0, 0.1) is 0 Å². The van der Waals surface area contributed by atoms with Crippen molar-refractivity contribution >= 4 is 23.4 Å². The van der Waals surface area contributed by atoms with Crippen LogP contribution >= 0.6 is 0 Å². The third-order valence-electron chi connectivity index (χ3n) is 6.73. The average Bonchev–Trinajstić information content (AvgIpc) is 3.03. The molecule has 7 heteroatoms. The molecule has 2 saturated heterocycles. The minimum absolute atomic E-state index is 0.105. The Hall–Kier alpha value is -2.41. The first kappa shape index (κ1) is 17.7. The van der Waals surface area contributed by atoms with Gasteiger partial charge in [-0.3, -0.25) is 19.7 Å². The molecule has 1 aromatic rings. The Balaban J connectivity index is 1.38. The van der Waals surface area contributed by atoms with Gasteiger partial charge in [0.25, 0.3) is 5.91 Å². The number of rotatable bonds is 2. The van der Waals surface area contributed by atoms with E-state index in [1.165, 1.54) is 31.4 Å². The van der Waals surface area contributed by atoms with Gasteiger partial charge in [-0.2, -0.15) is 0 Å². The lowest BCUT2D eigenvalue weighted by molar-refractivity contribution is -0.136. The summed E-state index contributed by atoms with van der Waals surface area (Å²) in [4.78, 5) is 40.6. The van der Waals surface area contributed by atoms with Crippen molar-refractivity contribution in [1.82, 2.24) is 15.5 Å². The van der Waals surface area contributed by atoms with Crippen LogP contribution in [0.15, 0.2) is 18.2 Å². The van der Waals surface area contributed by atoms with Crippen molar-refractivity contribution in [3.05, 3.63) is 29.3 Å². The summed E-state index contributed by atoms with van der Waals surface area (Å²) in [5.74, 6) is -0.717. The fourth-order valence-corrected chi connectivity index (χ4v) is 5.32. The molecule has 0 bridgehead atoms. The maximum atomic E-state index is 12.9. The number of amides is 3. The monoisotopic (exact) mass is 382 g/mol. The molecule has 7 nitrogen and oxygen atoms in total. The largest absolute Gasteiger partial charge is 0.366 e. The SMILES string of the molecule is O=C1CCC(N2Cc3cc(N4CCN[C@@H]5CCCC[C@@H]54)ccc3C2=O)C(=O)N1. The van der Waals surface area contributed by atoms with Gasteiger partial charge in [0.05, 0.1) is 0 Å². The molecule has 1 aromatic carbocycles. The highest BCUT2D eigenvalue weighted by Crippen LogP contribution is 2.34. The van der Waals surface area contributed by atoms with Crippen molar-refractivity contribution in [2.45, 2.75) is 63.2 Å². The second kappa shape index (κ2) is 6.88. The van der Waals surface area contributed by atoms with Gasteiger partial charge >= 0.3 is 0 Å². The molecule has 2 N–H and O–H groups in total. The number of imide groups is 1. The van der Waals surface area contributed by atoms with Gasteiger partial charge in [0.15, 0.2) is 0 Å². The lowest BCUT2D eigenvalue weighted by atomic mass is 9.87. The van der Waals surface area contributed by atoms with Gasteiger partial charge in [-0.05, 0) is 43.0 Å². The molecule has 4 aliphatic rings. The number of carbonyl (C=O) groups excluding carboxylic acids is 3. The Morgan fingerprint density at radius 3 is 2.71 bits per heavy atom. The fourth-order valence-electron chi connectivity index (χ4n) is 5.32. The maximum absolute atomic E-state index is 12.9. The highest BCUT2D eigenvalue weighted by Gasteiger charge is 2.40. The first-order valence-electron chi connectivity index (χ1n) is 10.4. The quantitative estimate of drug-likeness (QED) is 0.751. The normalized spacial score (nSPS) is 30.1. The number of piperazine rings is 1. The van der Waals surface area contributed by atoms with E-state index < -0.39 is 6.04 Å². The zero-order valence-corrected chi connectivity index (χ0v) is 15.9. The smallest absolute Gasteiger partial charge is 0.255 e. The van der Waals surface area contributed by atoms with Crippen LogP contribution in [0.1, 0.15) is 54.4 Å². The van der Waals surface area contributed by atoms with Crippen LogP contribution in [0.3, 0.4) is 0 Å². The van der Waals surface area contributed by atoms with Crippen LogP contribution in [0.25, 0.3) is 0 Å². The molecule has 3 amide bonds. The van der Waals surface area contributed by atoms with Gasteiger partial charge < -0.3 is 15.1 Å². The fraction of sp³-hybridized carbons (Fsp3) is 0.571. The number of nitrogens with zero attached hydrogens (tertiary/aromatic N) is 2. The van der Waals surface area contributed by atoms with Crippen molar-refractivity contribution in [3.63, 3.8) is 0 Å². The van der Waals surface area contributed by atoms with Crippen molar-refractivity contribution in [3.8, 4) is 0 Å². The zero-order valence-electron chi connectivity index (χ0n) is 15.9. The summed E-state index contributed by atoms with van der Waals surface area (Å²) in [5, 5.41) is 6.02. The van der Waals surface area contributed by atoms with Crippen molar-refractivity contribution in [2.75, 3.05) is 18.0 Å². The molecule has 148 valence electrons. The van der Waals surface area contributed by atoms with Crippen LogP contribution in [0.5, 0.6) is 0 Å². The number of hydrogen-bond donors (Lipinski definition) is 2. The molecule has 3 atom stereocenters. The highest BCUT2D eigenvalue weighted by atomic mass is 16.2. The minimum Gasteiger partial charge on any atom is -0.366 e. The van der Waals surface area contributed by atoms with E-state index in [1.54, 1.807) is 4.90 Å². The van der Waals surface area contributed by atoms with Crippen LogP contribution in [0.4, 0.5) is 5.69 Å². The van der Waals surface area contributed by atoms with E-state index in [0.717, 1.165) is 18.7 Å². The number of benzene rings is 1. The van der Waals surface area contributed by atoms with Crippen LogP contribution in [0.2, 0.25) is 0 Å². The van der Waals surface area contributed by atoms with E-state index >= 15 is 0 Å². The molecule has 1 unspecified atom stereocenters. The number of nitrogens with one attached hydrogen (secondary N) is 2. The summed E-state index contributed by atoms with van der Waals surface area (Å²) >= 11 is 0. The Morgan fingerprint density at radius 1 is 1.00 bits per heavy atom. The second-order valence-electron chi connectivity index (χ2n) is 8.35. The molecule has 0 aromatic heterocycles. The maximum Gasteiger partial charge on any atom is 0.255 e. The van der Waals surface area contributed by atoms with E-state index in [2.05, 4.69) is 27.7 Å². The molecule has 3 aliphatic heterocycles. The van der Waals surface area contributed by atoms with E-state index in [9.17, 15) is 14.4 Å². The number of hydrogen-bond acceptors (Lipinski definition) is 5. The summed E-state index contributed by atoms with van der Waals surface area (Å²) in [6.45, 7) is 2.40. The average molecular weight is 382 g/mol. The van der Waals surface area contributed by atoms with E-state index in [-0.39, 0.29) is 24.1 Å². The molecule has 0 spiro atoms. The predicted octanol–water partition coefficient (Wildman–Crippen LogP) is 1.17. The Kier molecular flexibility index (Phi) is 4.34. The van der Waals surface area contributed by atoms with E-state index in [1.807, 2.05) is 6.07 Å². The molecular formula is C21H26N4O3. The Bertz CT molecular complexity index is 837. The number of carbonyl (C=O) groups is 3. The number of anilines is 1. The van der Waals surface area contributed by atoms with Gasteiger partial charge in [-0.15, -0.1) is 0 Å². The highest BCUT2D eigenvalue weighted by molar-refractivity contribution is 6.05. The summed E-state index contributed by atoms with van der Waals surface area (Å²) in [7, 11) is 0. The second-order valence-corrected chi connectivity index (χ2v) is 8.35. The van der Waals surface area contributed by atoms with Gasteiger partial charge in [-0.1, -0.05) is 12.8 Å². The molecule has 1 aliphatic carbocycles. The van der Waals surface area contributed by atoms with Gasteiger partial charge in [0.2, 0.25) is 11.8 Å². The Morgan fingerprint density at radius 2 is 1.86 bits per heavy atom. The first-order chi connectivity index (χ1) is 13.6. The third kappa shape index (κ3) is 2.89. The van der Waals surface area contributed by atoms with Crippen molar-refractivity contribution < 1.29 is 14.4 Å².